The van der Waals surface area contributed by atoms with Crippen LogP contribution in [0, 0.1) is 0 Å². The summed E-state index contributed by atoms with van der Waals surface area (Å²) in [5.41, 5.74) is -0.207. The molecular weight excluding hydrogens is 346 g/mol. The molecule has 1 N–H and O–H groups in total. The molecule has 2 aromatic rings. The summed E-state index contributed by atoms with van der Waals surface area (Å²) in [6.07, 6.45) is 1.61. The first-order valence-corrected chi connectivity index (χ1v) is 10.2. The van der Waals surface area contributed by atoms with Crippen molar-refractivity contribution in [2.45, 2.75) is 23.2 Å². The predicted octanol–water partition coefficient (Wildman–Crippen LogP) is 2.78. The van der Waals surface area contributed by atoms with Crippen LogP contribution in [0.2, 0.25) is 0 Å². The van der Waals surface area contributed by atoms with Crippen molar-refractivity contribution < 1.29 is 17.9 Å². The van der Waals surface area contributed by atoms with Gasteiger partial charge in [-0.15, -0.1) is 11.3 Å². The van der Waals surface area contributed by atoms with Gasteiger partial charge in [-0.2, -0.15) is 0 Å². The maximum absolute atomic E-state index is 12.7. The number of benzene rings is 1. The van der Waals surface area contributed by atoms with Gasteiger partial charge in [-0.3, -0.25) is 0 Å². The summed E-state index contributed by atoms with van der Waals surface area (Å²) >= 11 is 1.67. The maximum Gasteiger partial charge on any atom is 0.244 e. The van der Waals surface area contributed by atoms with Crippen molar-refractivity contribution in [2.75, 3.05) is 26.9 Å². The van der Waals surface area contributed by atoms with Gasteiger partial charge in [0, 0.05) is 30.1 Å². The van der Waals surface area contributed by atoms with Crippen molar-refractivity contribution in [1.82, 2.24) is 4.72 Å². The van der Waals surface area contributed by atoms with E-state index in [0.29, 0.717) is 25.5 Å². The molecule has 1 aromatic heterocycles. The molecule has 0 saturated carbocycles. The van der Waals surface area contributed by atoms with Gasteiger partial charge in [0.1, 0.15) is 10.6 Å². The van der Waals surface area contributed by atoms with Crippen LogP contribution in [0.4, 0.5) is 0 Å². The van der Waals surface area contributed by atoms with E-state index < -0.39 is 10.0 Å². The minimum atomic E-state index is -3.64. The SMILES string of the molecule is COc1ccccc1S(=O)(=O)NCC1(c2cccs2)CCOCC1. The Kier molecular flexibility index (Phi) is 5.24. The highest BCUT2D eigenvalue weighted by Gasteiger charge is 2.37. The van der Waals surface area contributed by atoms with E-state index in [1.165, 1.54) is 12.0 Å². The number of ether oxygens (including phenoxy) is 2. The second-order valence-electron chi connectivity index (χ2n) is 5.85. The Labute approximate surface area is 146 Å². The second kappa shape index (κ2) is 7.23. The Morgan fingerprint density at radius 3 is 2.62 bits per heavy atom. The molecule has 0 spiro atoms. The molecule has 1 aliphatic heterocycles. The molecule has 0 bridgehead atoms. The van der Waals surface area contributed by atoms with E-state index in [1.807, 2.05) is 11.4 Å². The fourth-order valence-corrected chi connectivity index (χ4v) is 5.29. The Morgan fingerprint density at radius 2 is 1.96 bits per heavy atom. The first-order chi connectivity index (χ1) is 11.6. The number of methoxy groups -OCH3 is 1. The highest BCUT2D eigenvalue weighted by Crippen LogP contribution is 2.37. The molecule has 0 radical (unpaired) electrons. The van der Waals surface area contributed by atoms with Gasteiger partial charge in [-0.05, 0) is 36.4 Å². The van der Waals surface area contributed by atoms with Crippen LogP contribution in [-0.4, -0.2) is 35.3 Å². The van der Waals surface area contributed by atoms with Crippen molar-refractivity contribution >= 4 is 21.4 Å². The molecule has 1 aromatic carbocycles. The van der Waals surface area contributed by atoms with E-state index in [-0.39, 0.29) is 10.3 Å². The minimum absolute atomic E-state index is 0.167. The lowest BCUT2D eigenvalue weighted by Gasteiger charge is -2.36. The fourth-order valence-electron chi connectivity index (χ4n) is 3.00. The van der Waals surface area contributed by atoms with Crippen LogP contribution in [0.1, 0.15) is 17.7 Å². The Balaban J connectivity index is 1.84. The van der Waals surface area contributed by atoms with Crippen LogP contribution in [0.5, 0.6) is 5.75 Å². The zero-order chi connectivity index (χ0) is 17.0. The average Bonchev–Trinajstić information content (AvgIpc) is 3.16. The van der Waals surface area contributed by atoms with Crippen molar-refractivity contribution in [3.05, 3.63) is 46.7 Å². The molecule has 0 aliphatic carbocycles. The first kappa shape index (κ1) is 17.4. The number of nitrogens with one attached hydrogen (secondary N) is 1. The molecule has 130 valence electrons. The summed E-state index contributed by atoms with van der Waals surface area (Å²) in [5, 5.41) is 2.03. The summed E-state index contributed by atoms with van der Waals surface area (Å²) in [7, 11) is -2.17. The largest absolute Gasteiger partial charge is 0.495 e. The number of rotatable bonds is 6. The Hall–Kier alpha value is -1.41. The summed E-state index contributed by atoms with van der Waals surface area (Å²) in [4.78, 5) is 1.37. The molecule has 3 rings (SSSR count). The van der Waals surface area contributed by atoms with E-state index in [2.05, 4.69) is 10.8 Å². The third-order valence-electron chi connectivity index (χ3n) is 4.45. The molecular formula is C17H21NO4S2. The van der Waals surface area contributed by atoms with Gasteiger partial charge in [-0.25, -0.2) is 13.1 Å². The molecule has 7 heteroatoms. The molecule has 5 nitrogen and oxygen atoms in total. The van der Waals surface area contributed by atoms with Crippen molar-refractivity contribution in [1.29, 1.82) is 0 Å². The van der Waals surface area contributed by atoms with Crippen molar-refractivity contribution in [3.63, 3.8) is 0 Å². The zero-order valence-corrected chi connectivity index (χ0v) is 15.2. The third kappa shape index (κ3) is 3.49. The Morgan fingerprint density at radius 1 is 1.21 bits per heavy atom. The van der Waals surface area contributed by atoms with Crippen LogP contribution in [0.15, 0.2) is 46.7 Å². The number of hydrogen-bond acceptors (Lipinski definition) is 5. The van der Waals surface area contributed by atoms with E-state index in [0.717, 1.165) is 12.8 Å². The molecule has 1 saturated heterocycles. The number of hydrogen-bond donors (Lipinski definition) is 1. The van der Waals surface area contributed by atoms with Crippen molar-refractivity contribution in [3.8, 4) is 5.75 Å². The van der Waals surface area contributed by atoms with Crippen LogP contribution in [0.3, 0.4) is 0 Å². The second-order valence-corrected chi connectivity index (χ2v) is 8.53. The van der Waals surface area contributed by atoms with Gasteiger partial charge in [0.15, 0.2) is 0 Å². The lowest BCUT2D eigenvalue weighted by atomic mass is 9.79. The van der Waals surface area contributed by atoms with Gasteiger partial charge in [0.2, 0.25) is 10.0 Å². The third-order valence-corrected chi connectivity index (χ3v) is 7.01. The van der Waals surface area contributed by atoms with Crippen LogP contribution in [-0.2, 0) is 20.2 Å². The number of para-hydroxylation sites is 1. The van der Waals surface area contributed by atoms with Crippen LogP contribution < -0.4 is 9.46 Å². The van der Waals surface area contributed by atoms with Gasteiger partial charge >= 0.3 is 0 Å². The van der Waals surface area contributed by atoms with E-state index >= 15 is 0 Å². The smallest absolute Gasteiger partial charge is 0.244 e. The molecule has 24 heavy (non-hydrogen) atoms. The average molecular weight is 367 g/mol. The molecule has 2 heterocycles. The zero-order valence-electron chi connectivity index (χ0n) is 13.5. The lowest BCUT2D eigenvalue weighted by Crippen LogP contribution is -2.44. The van der Waals surface area contributed by atoms with Crippen LogP contribution in [0.25, 0.3) is 0 Å². The molecule has 1 fully saturated rings. The van der Waals surface area contributed by atoms with E-state index in [1.54, 1.807) is 35.6 Å². The van der Waals surface area contributed by atoms with Crippen molar-refractivity contribution in [2.24, 2.45) is 0 Å². The number of sulfonamides is 1. The number of thiophene rings is 1. The summed E-state index contributed by atoms with van der Waals surface area (Å²) in [6.45, 7) is 1.65. The summed E-state index contributed by atoms with van der Waals surface area (Å²) in [6, 6.07) is 10.7. The van der Waals surface area contributed by atoms with E-state index in [4.69, 9.17) is 9.47 Å². The monoisotopic (exact) mass is 367 g/mol. The molecule has 0 unspecified atom stereocenters. The van der Waals surface area contributed by atoms with Gasteiger partial charge < -0.3 is 9.47 Å². The molecule has 0 atom stereocenters. The normalized spacial score (nSPS) is 17.5. The predicted molar refractivity (Wildman–Crippen MR) is 94.2 cm³/mol. The standard InChI is InChI=1S/C17H21NO4S2/c1-21-14-5-2-3-6-15(14)24(19,20)18-13-17(8-10-22-11-9-17)16-7-4-12-23-16/h2-7,12,18H,8-11,13H2,1H3. The van der Waals surface area contributed by atoms with Gasteiger partial charge in [0.05, 0.1) is 7.11 Å². The van der Waals surface area contributed by atoms with E-state index in [9.17, 15) is 8.42 Å². The lowest BCUT2D eigenvalue weighted by molar-refractivity contribution is 0.0529. The molecule has 1 aliphatic rings. The van der Waals surface area contributed by atoms with Crippen LogP contribution >= 0.6 is 11.3 Å². The molecule has 0 amide bonds. The summed E-state index contributed by atoms with van der Waals surface area (Å²) < 4.78 is 39.0. The Bertz CT molecular complexity index is 766. The fraction of sp³-hybridized carbons (Fsp3) is 0.412. The first-order valence-electron chi connectivity index (χ1n) is 7.82. The maximum atomic E-state index is 12.7. The highest BCUT2D eigenvalue weighted by molar-refractivity contribution is 7.89. The quantitative estimate of drug-likeness (QED) is 0.853. The topological polar surface area (TPSA) is 64.6 Å². The highest BCUT2D eigenvalue weighted by atomic mass is 32.2. The minimum Gasteiger partial charge on any atom is -0.495 e. The summed E-state index contributed by atoms with van der Waals surface area (Å²) in [5.74, 6) is 0.349. The van der Waals surface area contributed by atoms with Gasteiger partial charge in [0.25, 0.3) is 0 Å². The van der Waals surface area contributed by atoms with Gasteiger partial charge in [-0.1, -0.05) is 18.2 Å².